The molecule has 0 spiro atoms. The summed E-state index contributed by atoms with van der Waals surface area (Å²) >= 11 is 12.2. The number of aliphatic hydroxyl groups is 1. The molecule has 0 unspecified atom stereocenters. The number of halogens is 2. The van der Waals surface area contributed by atoms with E-state index in [9.17, 15) is 9.90 Å². The fraction of sp³-hybridized carbons (Fsp3) is 0.471. The Balaban J connectivity index is 1.92. The molecule has 6 heteroatoms. The molecule has 2 fully saturated rings. The van der Waals surface area contributed by atoms with Gasteiger partial charge in [0.15, 0.2) is 0 Å². The lowest BCUT2D eigenvalue weighted by Gasteiger charge is -2.29. The largest absolute Gasteiger partial charge is 0.416 e. The van der Waals surface area contributed by atoms with Crippen LogP contribution in [-0.2, 0) is 10.2 Å². The van der Waals surface area contributed by atoms with Gasteiger partial charge in [0.2, 0.25) is 0 Å². The number of nitrogens with zero attached hydrogens (tertiary/aromatic N) is 1. The molecule has 4 nitrogen and oxygen atoms in total. The zero-order chi connectivity index (χ0) is 16.8. The van der Waals surface area contributed by atoms with Gasteiger partial charge in [-0.15, -0.1) is 0 Å². The van der Waals surface area contributed by atoms with Crippen LogP contribution in [0.4, 0.5) is 4.79 Å². The van der Waals surface area contributed by atoms with Crippen LogP contribution in [0.3, 0.4) is 0 Å². The molecular weight excluding hydrogens is 337 g/mol. The highest BCUT2D eigenvalue weighted by Crippen LogP contribution is 2.51. The number of fused-ring (bicyclic) bond motifs is 1. The lowest BCUT2D eigenvalue weighted by Crippen LogP contribution is -2.35. The lowest BCUT2D eigenvalue weighted by atomic mass is 9.74. The van der Waals surface area contributed by atoms with Crippen LogP contribution in [0.1, 0.15) is 25.3 Å². The number of ether oxygens (including phenoxy) is 1. The molecule has 2 aliphatic rings. The van der Waals surface area contributed by atoms with Crippen molar-refractivity contribution in [1.29, 1.82) is 0 Å². The molecule has 1 aromatic carbocycles. The Morgan fingerprint density at radius 2 is 2.17 bits per heavy atom. The van der Waals surface area contributed by atoms with Crippen molar-refractivity contribution >= 4 is 29.3 Å². The predicted octanol–water partition coefficient (Wildman–Crippen LogP) is 3.99. The number of allylic oxidation sites excluding steroid dienone is 1. The number of amides is 1. The first-order chi connectivity index (χ1) is 10.8. The maximum absolute atomic E-state index is 12.2. The highest BCUT2D eigenvalue weighted by molar-refractivity contribution is 6.42. The summed E-state index contributed by atoms with van der Waals surface area (Å²) < 4.78 is 5.13. The van der Waals surface area contributed by atoms with E-state index in [1.807, 2.05) is 12.1 Å². The molecule has 23 heavy (non-hydrogen) atoms. The van der Waals surface area contributed by atoms with Crippen LogP contribution >= 0.6 is 23.2 Å². The molecule has 1 aromatic rings. The zero-order valence-corrected chi connectivity index (χ0v) is 14.4. The summed E-state index contributed by atoms with van der Waals surface area (Å²) in [5, 5.41) is 11.1. The van der Waals surface area contributed by atoms with E-state index in [4.69, 9.17) is 27.9 Å². The standard InChI is InChI=1S/C17H19Cl2NO3/c1-10(2)23-16(22)20-8-12-5-13(21)7-17(12,9-20)11-3-4-14(18)15(19)6-11/h3-4,6,12-13,21H,1,5,7-9H2,2H3/t12-,13+,17+/m1/s1. The second-order valence-corrected chi connectivity index (χ2v) is 7.34. The molecule has 0 bridgehead atoms. The van der Waals surface area contributed by atoms with Crippen LogP contribution in [0.15, 0.2) is 30.5 Å². The monoisotopic (exact) mass is 355 g/mol. The number of benzene rings is 1. The van der Waals surface area contributed by atoms with Gasteiger partial charge in [0, 0.05) is 18.5 Å². The van der Waals surface area contributed by atoms with Gasteiger partial charge in [0.05, 0.1) is 21.9 Å². The van der Waals surface area contributed by atoms with Crippen molar-refractivity contribution in [3.63, 3.8) is 0 Å². The summed E-state index contributed by atoms with van der Waals surface area (Å²) in [6.07, 6.45) is 0.512. The first-order valence-corrected chi connectivity index (χ1v) is 8.33. The maximum atomic E-state index is 12.2. The normalized spacial score (nSPS) is 29.5. The number of hydrogen-bond donors (Lipinski definition) is 1. The second kappa shape index (κ2) is 6.00. The van der Waals surface area contributed by atoms with Crippen LogP contribution in [0.2, 0.25) is 10.0 Å². The molecule has 124 valence electrons. The van der Waals surface area contributed by atoms with E-state index in [0.717, 1.165) is 5.56 Å². The van der Waals surface area contributed by atoms with Crippen LogP contribution < -0.4 is 0 Å². The molecule has 3 rings (SSSR count). The Hall–Kier alpha value is -1.23. The van der Waals surface area contributed by atoms with Crippen LogP contribution in [0, 0.1) is 5.92 Å². The number of aliphatic hydroxyl groups excluding tert-OH is 1. The Morgan fingerprint density at radius 1 is 1.43 bits per heavy atom. The number of hydrogen-bond acceptors (Lipinski definition) is 3. The highest BCUT2D eigenvalue weighted by Gasteiger charge is 2.55. The van der Waals surface area contributed by atoms with Crippen molar-refractivity contribution in [2.45, 2.75) is 31.3 Å². The molecule has 1 heterocycles. The summed E-state index contributed by atoms with van der Waals surface area (Å²) in [6.45, 7) is 6.31. The average Bonchev–Trinajstić information content (AvgIpc) is 2.94. The van der Waals surface area contributed by atoms with E-state index in [1.54, 1.807) is 17.9 Å². The van der Waals surface area contributed by atoms with E-state index < -0.39 is 0 Å². The summed E-state index contributed by atoms with van der Waals surface area (Å²) in [6, 6.07) is 5.56. The summed E-state index contributed by atoms with van der Waals surface area (Å²) in [5.41, 5.74) is 0.709. The minimum Gasteiger partial charge on any atom is -0.416 e. The van der Waals surface area contributed by atoms with E-state index in [0.29, 0.717) is 41.7 Å². The van der Waals surface area contributed by atoms with Gasteiger partial charge in [0.1, 0.15) is 0 Å². The van der Waals surface area contributed by atoms with Gasteiger partial charge >= 0.3 is 6.09 Å². The third-order valence-corrected chi connectivity index (χ3v) is 5.61. The zero-order valence-electron chi connectivity index (χ0n) is 12.9. The third-order valence-electron chi connectivity index (χ3n) is 4.87. The molecule has 1 saturated carbocycles. The minimum absolute atomic E-state index is 0.174. The SMILES string of the molecule is C=C(C)OC(=O)N1C[C@H]2C[C@H](O)C[C@@]2(c2ccc(Cl)c(Cl)c2)C1. The van der Waals surface area contributed by atoms with E-state index in [1.165, 1.54) is 0 Å². The lowest BCUT2D eigenvalue weighted by molar-refractivity contribution is 0.124. The molecule has 1 aliphatic carbocycles. The number of carbonyl (C=O) groups excluding carboxylic acids is 1. The molecule has 1 amide bonds. The van der Waals surface area contributed by atoms with Gasteiger partial charge in [-0.3, -0.25) is 0 Å². The van der Waals surface area contributed by atoms with Gasteiger partial charge in [-0.05, 0) is 43.4 Å². The van der Waals surface area contributed by atoms with Crippen molar-refractivity contribution in [3.05, 3.63) is 46.1 Å². The smallest absolute Gasteiger partial charge is 0.414 e. The Labute approximate surface area is 145 Å². The molecule has 3 atom stereocenters. The predicted molar refractivity (Wildman–Crippen MR) is 89.7 cm³/mol. The molecule has 1 aliphatic heterocycles. The molecule has 0 aromatic heterocycles. The summed E-state index contributed by atoms with van der Waals surface area (Å²) in [7, 11) is 0. The molecule has 1 saturated heterocycles. The van der Waals surface area contributed by atoms with Crippen LogP contribution in [0.25, 0.3) is 0 Å². The fourth-order valence-corrected chi connectivity index (χ4v) is 4.24. The van der Waals surface area contributed by atoms with Crippen LogP contribution in [-0.4, -0.2) is 35.3 Å². The minimum atomic E-state index is -0.388. The van der Waals surface area contributed by atoms with Gasteiger partial charge in [-0.2, -0.15) is 0 Å². The van der Waals surface area contributed by atoms with Crippen molar-refractivity contribution in [2.24, 2.45) is 5.92 Å². The number of rotatable bonds is 2. The molecule has 0 radical (unpaired) electrons. The van der Waals surface area contributed by atoms with Crippen molar-refractivity contribution in [2.75, 3.05) is 13.1 Å². The van der Waals surface area contributed by atoms with E-state index in [-0.39, 0.29) is 23.5 Å². The fourth-order valence-electron chi connectivity index (χ4n) is 3.94. The molecular formula is C17H19Cl2NO3. The quantitative estimate of drug-likeness (QED) is 0.816. The number of carbonyl (C=O) groups is 1. The Kier molecular flexibility index (Phi) is 4.34. The topological polar surface area (TPSA) is 49.8 Å². The highest BCUT2D eigenvalue weighted by atomic mass is 35.5. The van der Waals surface area contributed by atoms with Crippen molar-refractivity contribution in [3.8, 4) is 0 Å². The summed E-state index contributed by atoms with van der Waals surface area (Å²) in [4.78, 5) is 13.9. The van der Waals surface area contributed by atoms with E-state index in [2.05, 4.69) is 6.58 Å². The Morgan fingerprint density at radius 3 is 2.83 bits per heavy atom. The first kappa shape index (κ1) is 16.6. The van der Waals surface area contributed by atoms with Crippen molar-refractivity contribution < 1.29 is 14.6 Å². The van der Waals surface area contributed by atoms with Crippen molar-refractivity contribution in [1.82, 2.24) is 4.90 Å². The maximum Gasteiger partial charge on any atom is 0.414 e. The Bertz CT molecular complexity index is 663. The number of likely N-dealkylation sites (tertiary alicyclic amines) is 1. The van der Waals surface area contributed by atoms with Gasteiger partial charge in [0.25, 0.3) is 0 Å². The average molecular weight is 356 g/mol. The molecule has 1 N–H and O–H groups in total. The third kappa shape index (κ3) is 2.95. The van der Waals surface area contributed by atoms with Crippen LogP contribution in [0.5, 0.6) is 0 Å². The van der Waals surface area contributed by atoms with Gasteiger partial charge in [-0.1, -0.05) is 35.8 Å². The van der Waals surface area contributed by atoms with E-state index >= 15 is 0 Å². The second-order valence-electron chi connectivity index (χ2n) is 6.53. The van der Waals surface area contributed by atoms with Gasteiger partial charge < -0.3 is 14.7 Å². The van der Waals surface area contributed by atoms with Gasteiger partial charge in [-0.25, -0.2) is 4.79 Å². The summed E-state index contributed by atoms with van der Waals surface area (Å²) in [5.74, 6) is 0.545. The first-order valence-electron chi connectivity index (χ1n) is 7.57.